The molecule has 0 spiro atoms. The van der Waals surface area contributed by atoms with E-state index in [0.717, 1.165) is 42.9 Å². The van der Waals surface area contributed by atoms with Crippen LogP contribution in [-0.4, -0.2) is 51.9 Å². The molecule has 8 heteroatoms. The van der Waals surface area contributed by atoms with Crippen molar-refractivity contribution in [1.29, 1.82) is 0 Å². The van der Waals surface area contributed by atoms with Crippen molar-refractivity contribution in [2.45, 2.75) is 52.2 Å². The van der Waals surface area contributed by atoms with Crippen molar-refractivity contribution in [2.75, 3.05) is 18.4 Å². The third-order valence-corrected chi connectivity index (χ3v) is 5.79. The van der Waals surface area contributed by atoms with Crippen LogP contribution in [0.1, 0.15) is 40.5 Å². The SMILES string of the molecule is CC(=O)Nc1ccc(-c2ccc(O[C@@H]3CC4CN(C(=O)OC(C)(C)C)C[C@H]4C3)nn2)cc1. The largest absolute Gasteiger partial charge is 0.473 e. The molecule has 8 nitrogen and oxygen atoms in total. The van der Waals surface area contributed by atoms with E-state index in [9.17, 15) is 9.59 Å². The highest BCUT2D eigenvalue weighted by molar-refractivity contribution is 5.88. The Morgan fingerprint density at radius 3 is 2.19 bits per heavy atom. The maximum atomic E-state index is 12.3. The van der Waals surface area contributed by atoms with Crippen LogP contribution in [-0.2, 0) is 9.53 Å². The molecule has 3 atom stereocenters. The average molecular weight is 439 g/mol. The number of likely N-dealkylation sites (tertiary alicyclic amines) is 1. The predicted octanol–water partition coefficient (Wildman–Crippen LogP) is 4.13. The topological polar surface area (TPSA) is 93.7 Å². The van der Waals surface area contributed by atoms with Gasteiger partial charge in [-0.1, -0.05) is 12.1 Å². The molecular formula is C24H30N4O4. The van der Waals surface area contributed by atoms with Crippen LogP contribution in [0.25, 0.3) is 11.3 Å². The number of hydrogen-bond donors (Lipinski definition) is 1. The van der Waals surface area contributed by atoms with E-state index in [2.05, 4.69) is 15.5 Å². The molecule has 32 heavy (non-hydrogen) atoms. The Balaban J connectivity index is 1.29. The minimum Gasteiger partial charge on any atom is -0.473 e. The second-order valence-electron chi connectivity index (χ2n) is 9.63. The molecule has 1 aromatic carbocycles. The first-order valence-corrected chi connectivity index (χ1v) is 11.0. The molecule has 1 unspecified atom stereocenters. The summed E-state index contributed by atoms with van der Waals surface area (Å²) in [6.07, 6.45) is 1.66. The summed E-state index contributed by atoms with van der Waals surface area (Å²) >= 11 is 0. The zero-order chi connectivity index (χ0) is 22.9. The molecule has 1 aromatic heterocycles. The van der Waals surface area contributed by atoms with Crippen molar-refractivity contribution >= 4 is 17.7 Å². The molecule has 2 aromatic rings. The Kier molecular flexibility index (Phi) is 6.04. The fraction of sp³-hybridized carbons (Fsp3) is 0.500. The minimum atomic E-state index is -0.473. The highest BCUT2D eigenvalue weighted by atomic mass is 16.6. The van der Waals surface area contributed by atoms with Crippen molar-refractivity contribution < 1.29 is 19.1 Å². The number of aromatic nitrogens is 2. The number of ether oxygens (including phenoxy) is 2. The van der Waals surface area contributed by atoms with Crippen LogP contribution in [0.2, 0.25) is 0 Å². The lowest BCUT2D eigenvalue weighted by Crippen LogP contribution is -2.36. The summed E-state index contributed by atoms with van der Waals surface area (Å²) in [5, 5.41) is 11.3. The summed E-state index contributed by atoms with van der Waals surface area (Å²) in [4.78, 5) is 25.3. The molecule has 2 fully saturated rings. The van der Waals surface area contributed by atoms with Crippen LogP contribution in [0.3, 0.4) is 0 Å². The molecule has 0 radical (unpaired) electrons. The highest BCUT2D eigenvalue weighted by Crippen LogP contribution is 2.40. The third-order valence-electron chi connectivity index (χ3n) is 5.79. The highest BCUT2D eigenvalue weighted by Gasteiger charge is 2.44. The number of benzene rings is 1. The molecule has 2 aliphatic rings. The molecule has 1 aliphatic heterocycles. The molecule has 1 aliphatic carbocycles. The molecule has 1 saturated heterocycles. The summed E-state index contributed by atoms with van der Waals surface area (Å²) in [7, 11) is 0. The van der Waals surface area contributed by atoms with Gasteiger partial charge >= 0.3 is 6.09 Å². The maximum absolute atomic E-state index is 12.3. The van der Waals surface area contributed by atoms with Gasteiger partial charge in [0.15, 0.2) is 0 Å². The van der Waals surface area contributed by atoms with Crippen LogP contribution < -0.4 is 10.1 Å². The van der Waals surface area contributed by atoms with Crippen LogP contribution in [0.5, 0.6) is 5.88 Å². The van der Waals surface area contributed by atoms with Gasteiger partial charge in [-0.25, -0.2) is 4.79 Å². The number of carbonyl (C=O) groups is 2. The molecule has 4 rings (SSSR count). The number of anilines is 1. The van der Waals surface area contributed by atoms with Crippen molar-refractivity contribution in [2.24, 2.45) is 11.8 Å². The van der Waals surface area contributed by atoms with Gasteiger partial charge in [0, 0.05) is 37.3 Å². The number of amides is 2. The molecule has 1 N–H and O–H groups in total. The Morgan fingerprint density at radius 1 is 1.00 bits per heavy atom. The zero-order valence-corrected chi connectivity index (χ0v) is 19.0. The van der Waals surface area contributed by atoms with E-state index in [1.165, 1.54) is 6.92 Å². The molecule has 2 heterocycles. The molecular weight excluding hydrogens is 408 g/mol. The first kappa shape index (κ1) is 22.0. The predicted molar refractivity (Wildman–Crippen MR) is 120 cm³/mol. The lowest BCUT2D eigenvalue weighted by molar-refractivity contribution is -0.114. The van der Waals surface area contributed by atoms with E-state index in [4.69, 9.17) is 9.47 Å². The summed E-state index contributed by atoms with van der Waals surface area (Å²) < 4.78 is 11.6. The number of nitrogens with zero attached hydrogens (tertiary/aromatic N) is 3. The van der Waals surface area contributed by atoms with E-state index >= 15 is 0 Å². The second kappa shape index (κ2) is 8.76. The van der Waals surface area contributed by atoms with Crippen LogP contribution in [0.4, 0.5) is 10.5 Å². The first-order valence-electron chi connectivity index (χ1n) is 11.0. The summed E-state index contributed by atoms with van der Waals surface area (Å²) in [6.45, 7) is 8.58. The Hall–Kier alpha value is -3.16. The quantitative estimate of drug-likeness (QED) is 0.772. The van der Waals surface area contributed by atoms with Gasteiger partial charge in [0.2, 0.25) is 11.8 Å². The standard InChI is InChI=1S/C24H30N4O4/c1-15(29)25-19-7-5-16(6-8-19)21-9-10-22(27-26-21)31-20-11-17-13-28(14-18(17)12-20)23(30)32-24(2,3)4/h5-10,17-18,20H,11-14H2,1-4H3,(H,25,29)/t17-,18?,20+/m1/s1. The normalized spacial score (nSPS) is 22.4. The Bertz CT molecular complexity index is 955. The first-order chi connectivity index (χ1) is 15.2. The van der Waals surface area contributed by atoms with Gasteiger partial charge in [0.1, 0.15) is 11.7 Å². The van der Waals surface area contributed by atoms with Crippen LogP contribution in [0.15, 0.2) is 36.4 Å². The van der Waals surface area contributed by atoms with Gasteiger partial charge in [-0.15, -0.1) is 10.2 Å². The minimum absolute atomic E-state index is 0.0860. The monoisotopic (exact) mass is 438 g/mol. The molecule has 2 amide bonds. The number of nitrogens with one attached hydrogen (secondary N) is 1. The number of carbonyl (C=O) groups excluding carboxylic acids is 2. The lowest BCUT2D eigenvalue weighted by Gasteiger charge is -2.25. The van der Waals surface area contributed by atoms with E-state index in [-0.39, 0.29) is 18.1 Å². The Labute approximate surface area is 188 Å². The van der Waals surface area contributed by atoms with Crippen molar-refractivity contribution in [3.05, 3.63) is 36.4 Å². The fourth-order valence-corrected chi connectivity index (χ4v) is 4.45. The van der Waals surface area contributed by atoms with Crippen LogP contribution >= 0.6 is 0 Å². The maximum Gasteiger partial charge on any atom is 0.410 e. The summed E-state index contributed by atoms with van der Waals surface area (Å²) in [6, 6.07) is 11.2. The smallest absolute Gasteiger partial charge is 0.410 e. The van der Waals surface area contributed by atoms with Gasteiger partial charge in [-0.2, -0.15) is 0 Å². The molecule has 1 saturated carbocycles. The number of hydrogen-bond acceptors (Lipinski definition) is 6. The van der Waals surface area contributed by atoms with Gasteiger partial charge in [-0.05, 0) is 63.6 Å². The van der Waals surface area contributed by atoms with Crippen molar-refractivity contribution in [3.63, 3.8) is 0 Å². The van der Waals surface area contributed by atoms with E-state index in [1.807, 2.05) is 62.1 Å². The van der Waals surface area contributed by atoms with Crippen molar-refractivity contribution in [1.82, 2.24) is 15.1 Å². The summed E-state index contributed by atoms with van der Waals surface area (Å²) in [5.74, 6) is 1.27. The second-order valence-corrected chi connectivity index (χ2v) is 9.63. The van der Waals surface area contributed by atoms with Gasteiger partial charge in [0.05, 0.1) is 5.69 Å². The average Bonchev–Trinajstić information content (AvgIpc) is 3.26. The van der Waals surface area contributed by atoms with Gasteiger partial charge < -0.3 is 19.7 Å². The van der Waals surface area contributed by atoms with E-state index < -0.39 is 5.60 Å². The van der Waals surface area contributed by atoms with Crippen molar-refractivity contribution in [3.8, 4) is 17.1 Å². The Morgan fingerprint density at radius 2 is 1.66 bits per heavy atom. The number of rotatable bonds is 4. The lowest BCUT2D eigenvalue weighted by atomic mass is 10.0. The van der Waals surface area contributed by atoms with Gasteiger partial charge in [0.25, 0.3) is 0 Å². The third kappa shape index (κ3) is 5.36. The van der Waals surface area contributed by atoms with Crippen LogP contribution in [0, 0.1) is 11.8 Å². The molecule has 170 valence electrons. The van der Waals surface area contributed by atoms with Gasteiger partial charge in [-0.3, -0.25) is 4.79 Å². The van der Waals surface area contributed by atoms with E-state index in [1.54, 1.807) is 0 Å². The number of fused-ring (bicyclic) bond motifs is 1. The summed E-state index contributed by atoms with van der Waals surface area (Å²) in [5.41, 5.74) is 1.92. The fourth-order valence-electron chi connectivity index (χ4n) is 4.45. The van der Waals surface area contributed by atoms with E-state index in [0.29, 0.717) is 17.7 Å². The zero-order valence-electron chi connectivity index (χ0n) is 19.0. The molecule has 0 bridgehead atoms.